The summed E-state index contributed by atoms with van der Waals surface area (Å²) in [6.45, 7) is 0.443. The highest BCUT2D eigenvalue weighted by Gasteiger charge is 2.28. The highest BCUT2D eigenvalue weighted by Crippen LogP contribution is 2.17. The predicted molar refractivity (Wildman–Crippen MR) is 97.9 cm³/mol. The number of hydrogen-bond donors (Lipinski definition) is 1. The third-order valence-electron chi connectivity index (χ3n) is 4.24. The molecule has 6 nitrogen and oxygen atoms in total. The van der Waals surface area contributed by atoms with Crippen LogP contribution >= 0.6 is 0 Å². The van der Waals surface area contributed by atoms with Crippen molar-refractivity contribution in [2.75, 3.05) is 0 Å². The number of rotatable bonds is 5. The molecule has 1 unspecified atom stereocenters. The Balaban J connectivity index is 1.31. The van der Waals surface area contributed by atoms with Crippen molar-refractivity contribution in [2.45, 2.75) is 19.1 Å². The van der Waals surface area contributed by atoms with E-state index in [1.54, 1.807) is 10.9 Å². The second-order valence-corrected chi connectivity index (χ2v) is 6.04. The number of nitrogens with zero attached hydrogens (tertiary/aromatic N) is 3. The molecule has 0 saturated heterocycles. The Morgan fingerprint density at radius 3 is 2.65 bits per heavy atom. The van der Waals surface area contributed by atoms with Crippen molar-refractivity contribution in [2.24, 2.45) is 5.16 Å². The van der Waals surface area contributed by atoms with E-state index in [9.17, 15) is 4.79 Å². The lowest BCUT2D eigenvalue weighted by Crippen LogP contribution is -2.34. The van der Waals surface area contributed by atoms with Crippen molar-refractivity contribution in [3.63, 3.8) is 0 Å². The maximum atomic E-state index is 12.3. The van der Waals surface area contributed by atoms with Crippen LogP contribution in [0.4, 0.5) is 0 Å². The Morgan fingerprint density at radius 2 is 1.92 bits per heavy atom. The van der Waals surface area contributed by atoms with Gasteiger partial charge in [0.05, 0.1) is 11.4 Å². The van der Waals surface area contributed by atoms with Crippen LogP contribution < -0.4 is 5.32 Å². The highest BCUT2D eigenvalue weighted by atomic mass is 16.6. The Labute approximate surface area is 151 Å². The SMILES string of the molecule is O=C(NCc1ccc(-n2cccn2)cc1)C1CC(c2ccccc2)=NO1. The Bertz CT molecular complexity index is 903. The number of benzene rings is 2. The van der Waals surface area contributed by atoms with Gasteiger partial charge in [-0.15, -0.1) is 0 Å². The molecule has 6 heteroatoms. The van der Waals surface area contributed by atoms with Gasteiger partial charge in [0.1, 0.15) is 0 Å². The van der Waals surface area contributed by atoms with Gasteiger partial charge in [-0.2, -0.15) is 5.10 Å². The summed E-state index contributed by atoms with van der Waals surface area (Å²) >= 11 is 0. The summed E-state index contributed by atoms with van der Waals surface area (Å²) in [6.07, 6.45) is 3.53. The van der Waals surface area contributed by atoms with Crippen molar-refractivity contribution in [1.29, 1.82) is 0 Å². The first-order valence-corrected chi connectivity index (χ1v) is 8.44. The van der Waals surface area contributed by atoms with Gasteiger partial charge in [-0.05, 0) is 29.3 Å². The Kier molecular flexibility index (Phi) is 4.47. The molecule has 0 bridgehead atoms. The fourth-order valence-corrected chi connectivity index (χ4v) is 2.81. The molecule has 1 aromatic heterocycles. The largest absolute Gasteiger partial charge is 0.382 e. The third-order valence-corrected chi connectivity index (χ3v) is 4.24. The van der Waals surface area contributed by atoms with Gasteiger partial charge in [-0.25, -0.2) is 4.68 Å². The molecule has 0 spiro atoms. The van der Waals surface area contributed by atoms with Crippen molar-refractivity contribution >= 4 is 11.6 Å². The maximum absolute atomic E-state index is 12.3. The van der Waals surface area contributed by atoms with E-state index in [1.807, 2.05) is 66.9 Å². The summed E-state index contributed by atoms with van der Waals surface area (Å²) in [5.74, 6) is -0.157. The third kappa shape index (κ3) is 3.49. The number of aromatic nitrogens is 2. The molecule has 1 aliphatic rings. The minimum Gasteiger partial charge on any atom is -0.382 e. The lowest BCUT2D eigenvalue weighted by atomic mass is 10.0. The Hall–Kier alpha value is -3.41. The van der Waals surface area contributed by atoms with E-state index in [0.717, 1.165) is 22.5 Å². The van der Waals surface area contributed by atoms with E-state index < -0.39 is 6.10 Å². The van der Waals surface area contributed by atoms with E-state index >= 15 is 0 Å². The molecule has 1 aliphatic heterocycles. The normalized spacial score (nSPS) is 16.0. The number of carbonyl (C=O) groups is 1. The molecule has 1 atom stereocenters. The monoisotopic (exact) mass is 346 g/mol. The van der Waals surface area contributed by atoms with Crippen LogP contribution in [0.15, 0.2) is 78.2 Å². The zero-order valence-corrected chi connectivity index (χ0v) is 14.1. The summed E-state index contributed by atoms with van der Waals surface area (Å²) in [5, 5.41) is 11.1. The number of hydrogen-bond acceptors (Lipinski definition) is 4. The topological polar surface area (TPSA) is 68.5 Å². The summed E-state index contributed by atoms with van der Waals surface area (Å²) in [6, 6.07) is 19.5. The highest BCUT2D eigenvalue weighted by molar-refractivity contribution is 6.04. The molecule has 0 fully saturated rings. The molecule has 2 aromatic carbocycles. The molecule has 0 saturated carbocycles. The molecule has 26 heavy (non-hydrogen) atoms. The van der Waals surface area contributed by atoms with Crippen LogP contribution in [0.5, 0.6) is 0 Å². The molecule has 1 N–H and O–H groups in total. The van der Waals surface area contributed by atoms with Crippen LogP contribution in [0.25, 0.3) is 5.69 Å². The number of oxime groups is 1. The second-order valence-electron chi connectivity index (χ2n) is 6.04. The van der Waals surface area contributed by atoms with E-state index in [1.165, 1.54) is 0 Å². The van der Waals surface area contributed by atoms with Gasteiger partial charge in [0, 0.05) is 25.4 Å². The van der Waals surface area contributed by atoms with Gasteiger partial charge in [0.25, 0.3) is 5.91 Å². The summed E-state index contributed by atoms with van der Waals surface area (Å²) in [5.41, 5.74) is 3.77. The molecule has 0 aliphatic carbocycles. The maximum Gasteiger partial charge on any atom is 0.264 e. The van der Waals surface area contributed by atoms with Gasteiger partial charge in [-0.3, -0.25) is 4.79 Å². The van der Waals surface area contributed by atoms with Crippen molar-refractivity contribution in [3.05, 3.63) is 84.2 Å². The van der Waals surface area contributed by atoms with Crippen LogP contribution in [0, 0.1) is 0 Å². The molecule has 4 rings (SSSR count). The van der Waals surface area contributed by atoms with Crippen LogP contribution in [0.3, 0.4) is 0 Å². The van der Waals surface area contributed by atoms with Crippen molar-refractivity contribution in [3.8, 4) is 5.69 Å². The van der Waals surface area contributed by atoms with E-state index in [4.69, 9.17) is 4.84 Å². The summed E-state index contributed by atoms with van der Waals surface area (Å²) < 4.78 is 1.79. The summed E-state index contributed by atoms with van der Waals surface area (Å²) in [4.78, 5) is 17.6. The molecule has 1 amide bonds. The van der Waals surface area contributed by atoms with Gasteiger partial charge in [-0.1, -0.05) is 47.6 Å². The number of carbonyl (C=O) groups excluding carboxylic acids is 1. The average molecular weight is 346 g/mol. The first kappa shape index (κ1) is 16.1. The standard InChI is InChI=1S/C20H18N4O2/c25-20(19-13-18(23-26-19)16-5-2-1-3-6-16)21-14-15-7-9-17(10-8-15)24-12-4-11-22-24/h1-12,19H,13-14H2,(H,21,25). The first-order valence-electron chi connectivity index (χ1n) is 8.44. The molecule has 130 valence electrons. The predicted octanol–water partition coefficient (Wildman–Crippen LogP) is 2.68. The van der Waals surface area contributed by atoms with Crippen LogP contribution in [0.2, 0.25) is 0 Å². The first-order chi connectivity index (χ1) is 12.8. The van der Waals surface area contributed by atoms with Gasteiger partial charge in [0.2, 0.25) is 6.10 Å². The van der Waals surface area contributed by atoms with Gasteiger partial charge < -0.3 is 10.2 Å². The van der Waals surface area contributed by atoms with Gasteiger partial charge >= 0.3 is 0 Å². The van der Waals surface area contributed by atoms with E-state index in [2.05, 4.69) is 15.6 Å². The molecule has 3 aromatic rings. The van der Waals surface area contributed by atoms with Gasteiger partial charge in [0.15, 0.2) is 0 Å². The van der Waals surface area contributed by atoms with Crippen molar-refractivity contribution < 1.29 is 9.63 Å². The minimum absolute atomic E-state index is 0.157. The zero-order valence-electron chi connectivity index (χ0n) is 14.1. The lowest BCUT2D eigenvalue weighted by molar-refractivity contribution is -0.131. The molecule has 2 heterocycles. The smallest absolute Gasteiger partial charge is 0.264 e. The molecule has 0 radical (unpaired) electrons. The fraction of sp³-hybridized carbons (Fsp3) is 0.150. The molecular weight excluding hydrogens is 328 g/mol. The zero-order chi connectivity index (χ0) is 17.8. The second kappa shape index (κ2) is 7.23. The molecular formula is C20H18N4O2. The quantitative estimate of drug-likeness (QED) is 0.772. The van der Waals surface area contributed by atoms with E-state index in [0.29, 0.717) is 13.0 Å². The summed E-state index contributed by atoms with van der Waals surface area (Å²) in [7, 11) is 0. The number of nitrogens with one attached hydrogen (secondary N) is 1. The fourth-order valence-electron chi connectivity index (χ4n) is 2.81. The van der Waals surface area contributed by atoms with Crippen LogP contribution in [-0.4, -0.2) is 27.5 Å². The van der Waals surface area contributed by atoms with Crippen molar-refractivity contribution in [1.82, 2.24) is 15.1 Å². The minimum atomic E-state index is -0.575. The lowest BCUT2D eigenvalue weighted by Gasteiger charge is -2.10. The number of amides is 1. The Morgan fingerprint density at radius 1 is 1.12 bits per heavy atom. The van der Waals surface area contributed by atoms with Crippen LogP contribution in [0.1, 0.15) is 17.5 Å². The average Bonchev–Trinajstić information content (AvgIpc) is 3.39. The van der Waals surface area contributed by atoms with E-state index in [-0.39, 0.29) is 5.91 Å². The van der Waals surface area contributed by atoms with Crippen LogP contribution in [-0.2, 0) is 16.2 Å².